The molecule has 8 heteroatoms. The minimum absolute atomic E-state index is 0.0752. The first-order valence-electron chi connectivity index (χ1n) is 12.0. The lowest BCUT2D eigenvalue weighted by atomic mass is 9.85. The lowest BCUT2D eigenvalue weighted by Gasteiger charge is -2.42. The standard InChI is InChI=1S/C27H31N5O3/c1-29-25(33)27(32(26(29)34)17-12-21-8-10-23(35-2)11-9-21)13-18-30(19-14-27)20-22-6-5-16-31(22)24-7-3-4-15-28-24/h3-11,15-16H,12-14,17-20H2,1-2H3. The molecule has 0 N–H and O–H groups in total. The molecular weight excluding hydrogens is 442 g/mol. The van der Waals surface area contributed by atoms with Crippen LogP contribution in [0.2, 0.25) is 0 Å². The van der Waals surface area contributed by atoms with Crippen molar-refractivity contribution in [2.24, 2.45) is 0 Å². The first-order chi connectivity index (χ1) is 17.0. The second kappa shape index (κ2) is 9.54. The fourth-order valence-corrected chi connectivity index (χ4v) is 5.28. The number of urea groups is 1. The molecule has 0 aliphatic carbocycles. The van der Waals surface area contributed by atoms with Crippen LogP contribution in [0.1, 0.15) is 24.1 Å². The fraction of sp³-hybridized carbons (Fsp3) is 0.370. The van der Waals surface area contributed by atoms with Gasteiger partial charge in [-0.15, -0.1) is 0 Å². The minimum Gasteiger partial charge on any atom is -0.497 e. The Morgan fingerprint density at radius 3 is 2.46 bits per heavy atom. The molecule has 35 heavy (non-hydrogen) atoms. The second-order valence-corrected chi connectivity index (χ2v) is 9.26. The van der Waals surface area contributed by atoms with E-state index >= 15 is 0 Å². The number of pyridine rings is 1. The predicted molar refractivity (Wildman–Crippen MR) is 132 cm³/mol. The zero-order valence-electron chi connectivity index (χ0n) is 20.3. The molecule has 3 aromatic rings. The van der Waals surface area contributed by atoms with Gasteiger partial charge in [0.2, 0.25) is 0 Å². The number of carbonyl (C=O) groups is 2. The topological polar surface area (TPSA) is 70.9 Å². The van der Waals surface area contributed by atoms with E-state index in [9.17, 15) is 9.59 Å². The lowest BCUT2D eigenvalue weighted by molar-refractivity contribution is -0.134. The molecule has 4 heterocycles. The highest BCUT2D eigenvalue weighted by Gasteiger charge is 2.56. The highest BCUT2D eigenvalue weighted by atomic mass is 16.5. The summed E-state index contributed by atoms with van der Waals surface area (Å²) in [6, 6.07) is 17.7. The average Bonchev–Trinajstić information content (AvgIpc) is 3.43. The fourth-order valence-electron chi connectivity index (χ4n) is 5.28. The molecule has 182 valence electrons. The van der Waals surface area contributed by atoms with Gasteiger partial charge in [0.25, 0.3) is 5.91 Å². The van der Waals surface area contributed by atoms with Crippen LogP contribution in [0.5, 0.6) is 5.75 Å². The first-order valence-corrected chi connectivity index (χ1v) is 12.0. The second-order valence-electron chi connectivity index (χ2n) is 9.26. The van der Waals surface area contributed by atoms with Crippen molar-refractivity contribution in [3.63, 3.8) is 0 Å². The van der Waals surface area contributed by atoms with Crippen molar-refractivity contribution in [2.75, 3.05) is 33.8 Å². The van der Waals surface area contributed by atoms with E-state index in [1.165, 1.54) is 4.90 Å². The van der Waals surface area contributed by atoms with Gasteiger partial charge in [-0.3, -0.25) is 14.6 Å². The Balaban J connectivity index is 1.27. The number of hydrogen-bond acceptors (Lipinski definition) is 5. The van der Waals surface area contributed by atoms with Crippen molar-refractivity contribution in [1.29, 1.82) is 0 Å². The Morgan fingerprint density at radius 2 is 1.77 bits per heavy atom. The Kier molecular flexibility index (Phi) is 6.30. The maximum absolute atomic E-state index is 13.3. The third-order valence-electron chi connectivity index (χ3n) is 7.32. The molecule has 0 bridgehead atoms. The van der Waals surface area contributed by atoms with Crippen molar-refractivity contribution in [1.82, 2.24) is 24.3 Å². The highest BCUT2D eigenvalue weighted by molar-refractivity contribution is 6.06. The number of likely N-dealkylation sites (N-methyl/N-ethyl adjacent to an activating group) is 1. The number of hydrogen-bond donors (Lipinski definition) is 0. The zero-order valence-corrected chi connectivity index (χ0v) is 20.3. The molecule has 3 amide bonds. The van der Waals surface area contributed by atoms with E-state index in [-0.39, 0.29) is 11.9 Å². The summed E-state index contributed by atoms with van der Waals surface area (Å²) in [7, 11) is 3.25. The largest absolute Gasteiger partial charge is 0.497 e. The third-order valence-corrected chi connectivity index (χ3v) is 7.32. The maximum atomic E-state index is 13.3. The Labute approximate surface area is 205 Å². The number of aromatic nitrogens is 2. The van der Waals surface area contributed by atoms with E-state index in [2.05, 4.69) is 20.5 Å². The van der Waals surface area contributed by atoms with Crippen LogP contribution in [0.3, 0.4) is 0 Å². The van der Waals surface area contributed by atoms with Gasteiger partial charge in [-0.25, -0.2) is 9.78 Å². The van der Waals surface area contributed by atoms with Crippen molar-refractivity contribution >= 4 is 11.9 Å². The number of carbonyl (C=O) groups excluding carboxylic acids is 2. The summed E-state index contributed by atoms with van der Waals surface area (Å²) in [6.07, 6.45) is 5.78. The van der Waals surface area contributed by atoms with Gasteiger partial charge in [-0.05, 0) is 61.2 Å². The van der Waals surface area contributed by atoms with E-state index in [0.717, 1.165) is 42.5 Å². The summed E-state index contributed by atoms with van der Waals surface area (Å²) in [6.45, 7) is 2.78. The minimum atomic E-state index is -0.752. The number of piperidine rings is 1. The van der Waals surface area contributed by atoms with Gasteiger partial charge in [0.15, 0.2) is 0 Å². The molecule has 5 rings (SSSR count). The molecule has 1 spiro atoms. The van der Waals surface area contributed by atoms with E-state index in [4.69, 9.17) is 4.74 Å². The zero-order chi connectivity index (χ0) is 24.4. The van der Waals surface area contributed by atoms with Gasteiger partial charge in [-0.2, -0.15) is 0 Å². The molecule has 2 aliphatic rings. The van der Waals surface area contributed by atoms with Crippen molar-refractivity contribution in [2.45, 2.75) is 31.3 Å². The summed E-state index contributed by atoms with van der Waals surface area (Å²) < 4.78 is 7.34. The molecule has 0 unspecified atom stereocenters. The lowest BCUT2D eigenvalue weighted by Crippen LogP contribution is -2.56. The normalized spacial score (nSPS) is 18.0. The Morgan fingerprint density at radius 1 is 1.00 bits per heavy atom. The summed E-state index contributed by atoms with van der Waals surface area (Å²) in [5.74, 6) is 1.62. The van der Waals surface area contributed by atoms with Crippen LogP contribution in [0.4, 0.5) is 4.79 Å². The molecular formula is C27H31N5O3. The van der Waals surface area contributed by atoms with Gasteiger partial charge in [0, 0.05) is 51.3 Å². The number of methoxy groups -OCH3 is 1. The third kappa shape index (κ3) is 4.30. The predicted octanol–water partition coefficient (Wildman–Crippen LogP) is 3.35. The van der Waals surface area contributed by atoms with Crippen LogP contribution in [0.25, 0.3) is 5.82 Å². The summed E-state index contributed by atoms with van der Waals surface area (Å²) >= 11 is 0. The monoisotopic (exact) mass is 473 g/mol. The molecule has 2 fully saturated rings. The number of ether oxygens (including phenoxy) is 1. The number of rotatable bonds is 7. The van der Waals surface area contributed by atoms with Crippen molar-refractivity contribution in [3.8, 4) is 11.6 Å². The number of nitrogens with zero attached hydrogens (tertiary/aromatic N) is 5. The smallest absolute Gasteiger partial charge is 0.327 e. The molecule has 0 saturated carbocycles. The first kappa shape index (κ1) is 23.1. The van der Waals surface area contributed by atoms with Gasteiger partial charge in [0.05, 0.1) is 7.11 Å². The van der Waals surface area contributed by atoms with Gasteiger partial charge >= 0.3 is 6.03 Å². The van der Waals surface area contributed by atoms with Gasteiger partial charge in [0.1, 0.15) is 17.1 Å². The van der Waals surface area contributed by atoms with Crippen LogP contribution in [-0.4, -0.2) is 75.5 Å². The quantitative estimate of drug-likeness (QED) is 0.492. The van der Waals surface area contributed by atoms with Crippen molar-refractivity contribution in [3.05, 3.63) is 78.2 Å². The van der Waals surface area contributed by atoms with Crippen LogP contribution in [0, 0.1) is 0 Å². The average molecular weight is 474 g/mol. The van der Waals surface area contributed by atoms with Crippen LogP contribution >= 0.6 is 0 Å². The molecule has 0 atom stereocenters. The van der Waals surface area contributed by atoms with E-state index in [1.54, 1.807) is 20.4 Å². The number of likely N-dealkylation sites (tertiary alicyclic amines) is 1. The number of benzene rings is 1. The molecule has 2 aromatic heterocycles. The summed E-state index contributed by atoms with van der Waals surface area (Å²) in [5, 5.41) is 0. The molecule has 8 nitrogen and oxygen atoms in total. The number of imide groups is 1. The van der Waals surface area contributed by atoms with Crippen LogP contribution in [-0.2, 0) is 17.8 Å². The molecule has 0 radical (unpaired) electrons. The SMILES string of the molecule is COc1ccc(CCN2C(=O)N(C)C(=O)C23CCN(Cc2cccn2-c2ccccn2)CC3)cc1. The highest BCUT2D eigenvalue weighted by Crippen LogP contribution is 2.37. The van der Waals surface area contributed by atoms with Crippen LogP contribution in [0.15, 0.2) is 67.0 Å². The molecule has 2 aliphatic heterocycles. The van der Waals surface area contributed by atoms with Crippen molar-refractivity contribution < 1.29 is 14.3 Å². The number of amides is 3. The van der Waals surface area contributed by atoms with Gasteiger partial charge in [-0.1, -0.05) is 18.2 Å². The van der Waals surface area contributed by atoms with Crippen LogP contribution < -0.4 is 4.74 Å². The maximum Gasteiger partial charge on any atom is 0.327 e. The Bertz CT molecular complexity index is 1180. The molecule has 1 aromatic carbocycles. The van der Waals surface area contributed by atoms with E-state index in [0.29, 0.717) is 25.8 Å². The Hall–Kier alpha value is -3.65. The van der Waals surface area contributed by atoms with Gasteiger partial charge < -0.3 is 14.2 Å². The summed E-state index contributed by atoms with van der Waals surface area (Å²) in [5.41, 5.74) is 1.52. The van der Waals surface area contributed by atoms with E-state index in [1.807, 2.05) is 59.6 Å². The molecule has 2 saturated heterocycles. The van der Waals surface area contributed by atoms with E-state index < -0.39 is 5.54 Å². The summed E-state index contributed by atoms with van der Waals surface area (Å²) in [4.78, 5) is 36.3.